The first-order valence-electron chi connectivity index (χ1n) is 9.35. The number of rotatable bonds is 7. The second kappa shape index (κ2) is 10.1. The van der Waals surface area contributed by atoms with Crippen LogP contribution in [-0.4, -0.2) is 60.1 Å². The lowest BCUT2D eigenvalue weighted by Crippen LogP contribution is -2.56. The van der Waals surface area contributed by atoms with Gasteiger partial charge in [-0.3, -0.25) is 5.01 Å². The van der Waals surface area contributed by atoms with E-state index in [9.17, 15) is 9.90 Å². The molecule has 1 heterocycles. The number of nitrogens with one attached hydrogen (secondary N) is 1. The van der Waals surface area contributed by atoms with E-state index < -0.39 is 0 Å². The molecule has 0 aliphatic carbocycles. The Labute approximate surface area is 160 Å². The van der Waals surface area contributed by atoms with Gasteiger partial charge >= 0.3 is 6.03 Å². The molecule has 0 unspecified atom stereocenters. The number of aliphatic hydroxyl groups is 1. The van der Waals surface area contributed by atoms with E-state index in [4.69, 9.17) is 4.74 Å². The zero-order valence-corrected chi connectivity index (χ0v) is 15.5. The SMILES string of the molecule is O=C(N[C@H](CO)Cc1ccccc1)N(Cc1ccccc1)N1CCOCC1. The lowest BCUT2D eigenvalue weighted by Gasteiger charge is -2.38. The van der Waals surface area contributed by atoms with E-state index in [0.717, 1.165) is 11.1 Å². The Bertz CT molecular complexity index is 690. The first-order valence-corrected chi connectivity index (χ1v) is 9.35. The molecule has 0 aromatic heterocycles. The maximum absolute atomic E-state index is 13.0. The number of aliphatic hydroxyl groups excluding tert-OH is 1. The third-order valence-corrected chi connectivity index (χ3v) is 4.61. The van der Waals surface area contributed by atoms with Crippen LogP contribution in [0, 0.1) is 0 Å². The molecule has 6 nitrogen and oxygen atoms in total. The molecule has 1 fully saturated rings. The van der Waals surface area contributed by atoms with Crippen molar-refractivity contribution in [1.29, 1.82) is 0 Å². The Morgan fingerprint density at radius 2 is 1.63 bits per heavy atom. The number of hydrogen-bond donors (Lipinski definition) is 2. The topological polar surface area (TPSA) is 65.0 Å². The summed E-state index contributed by atoms with van der Waals surface area (Å²) in [6.07, 6.45) is 0.589. The van der Waals surface area contributed by atoms with Crippen molar-refractivity contribution >= 4 is 6.03 Å². The number of hydrogen-bond acceptors (Lipinski definition) is 4. The highest BCUT2D eigenvalue weighted by Gasteiger charge is 2.25. The molecule has 144 valence electrons. The number of benzene rings is 2. The molecule has 0 radical (unpaired) electrons. The number of carbonyl (C=O) groups is 1. The summed E-state index contributed by atoms with van der Waals surface area (Å²) in [5.41, 5.74) is 2.14. The Kier molecular flexibility index (Phi) is 7.21. The van der Waals surface area contributed by atoms with Crippen molar-refractivity contribution in [2.75, 3.05) is 32.9 Å². The summed E-state index contributed by atoms with van der Waals surface area (Å²) < 4.78 is 5.42. The van der Waals surface area contributed by atoms with Crippen LogP contribution in [0.4, 0.5) is 4.79 Å². The van der Waals surface area contributed by atoms with Gasteiger partial charge in [0.25, 0.3) is 0 Å². The number of morpholine rings is 1. The van der Waals surface area contributed by atoms with Gasteiger partial charge in [0.2, 0.25) is 0 Å². The van der Waals surface area contributed by atoms with Gasteiger partial charge in [-0.2, -0.15) is 0 Å². The molecule has 6 heteroatoms. The van der Waals surface area contributed by atoms with Gasteiger partial charge in [0.15, 0.2) is 0 Å². The molecule has 2 N–H and O–H groups in total. The molecule has 1 aliphatic rings. The van der Waals surface area contributed by atoms with Gasteiger partial charge in [-0.25, -0.2) is 9.80 Å². The number of urea groups is 1. The highest BCUT2D eigenvalue weighted by atomic mass is 16.5. The summed E-state index contributed by atoms with van der Waals surface area (Å²) >= 11 is 0. The molecule has 3 rings (SSSR count). The quantitative estimate of drug-likeness (QED) is 0.784. The fourth-order valence-electron chi connectivity index (χ4n) is 3.16. The zero-order valence-electron chi connectivity index (χ0n) is 15.5. The summed E-state index contributed by atoms with van der Waals surface area (Å²) in [4.78, 5) is 13.0. The highest BCUT2D eigenvalue weighted by molar-refractivity contribution is 5.74. The fraction of sp³-hybridized carbons (Fsp3) is 0.381. The predicted molar refractivity (Wildman–Crippen MR) is 104 cm³/mol. The van der Waals surface area contributed by atoms with E-state index in [1.54, 1.807) is 5.01 Å². The molecule has 1 atom stereocenters. The Hall–Kier alpha value is -2.41. The average molecular weight is 369 g/mol. The van der Waals surface area contributed by atoms with Crippen molar-refractivity contribution in [3.05, 3.63) is 71.8 Å². The summed E-state index contributed by atoms with van der Waals surface area (Å²) in [5, 5.41) is 16.5. The first-order chi connectivity index (χ1) is 13.3. The van der Waals surface area contributed by atoms with Crippen LogP contribution in [-0.2, 0) is 17.7 Å². The summed E-state index contributed by atoms with van der Waals surface area (Å²) in [5.74, 6) is 0. The molecule has 0 saturated carbocycles. The molecular formula is C21H27N3O3. The van der Waals surface area contributed by atoms with Gasteiger partial charge in [0.1, 0.15) is 0 Å². The van der Waals surface area contributed by atoms with Crippen LogP contribution in [0.3, 0.4) is 0 Å². The van der Waals surface area contributed by atoms with Crippen LogP contribution >= 0.6 is 0 Å². The Morgan fingerprint density at radius 1 is 1.04 bits per heavy atom. The normalized spacial score (nSPS) is 15.9. The monoisotopic (exact) mass is 369 g/mol. The standard InChI is InChI=1S/C21H27N3O3/c25-17-20(15-18-7-3-1-4-8-18)22-21(26)24(23-11-13-27-14-12-23)16-19-9-5-2-6-10-19/h1-10,20,25H,11-17H2,(H,22,26)/t20-/m0/s1. The highest BCUT2D eigenvalue weighted by Crippen LogP contribution is 2.11. The maximum Gasteiger partial charge on any atom is 0.332 e. The Balaban J connectivity index is 1.68. The van der Waals surface area contributed by atoms with E-state index in [1.807, 2.05) is 65.7 Å². The van der Waals surface area contributed by atoms with E-state index in [2.05, 4.69) is 5.32 Å². The lowest BCUT2D eigenvalue weighted by molar-refractivity contribution is -0.0678. The van der Waals surface area contributed by atoms with Crippen LogP contribution in [0.2, 0.25) is 0 Å². The minimum atomic E-state index is -0.334. The average Bonchev–Trinajstić information content (AvgIpc) is 2.73. The van der Waals surface area contributed by atoms with Gasteiger partial charge in [-0.15, -0.1) is 0 Å². The molecule has 1 saturated heterocycles. The van der Waals surface area contributed by atoms with E-state index in [0.29, 0.717) is 39.3 Å². The minimum Gasteiger partial charge on any atom is -0.394 e. The number of hydrazine groups is 1. The number of amides is 2. The van der Waals surface area contributed by atoms with Crippen molar-refractivity contribution in [2.45, 2.75) is 19.0 Å². The second-order valence-electron chi connectivity index (χ2n) is 6.63. The molecule has 2 aromatic rings. The van der Waals surface area contributed by atoms with Gasteiger partial charge in [0.05, 0.1) is 32.4 Å². The molecule has 2 aromatic carbocycles. The third kappa shape index (κ3) is 5.79. The van der Waals surface area contributed by atoms with E-state index in [1.165, 1.54) is 0 Å². The van der Waals surface area contributed by atoms with Crippen LogP contribution in [0.5, 0.6) is 0 Å². The first kappa shape index (κ1) is 19.4. The van der Waals surface area contributed by atoms with Crippen LogP contribution < -0.4 is 5.32 Å². The maximum atomic E-state index is 13.0. The van der Waals surface area contributed by atoms with E-state index in [-0.39, 0.29) is 18.7 Å². The summed E-state index contributed by atoms with van der Waals surface area (Å²) in [6.45, 7) is 2.92. The van der Waals surface area contributed by atoms with Gasteiger partial charge in [-0.05, 0) is 17.5 Å². The molecule has 2 amide bonds. The smallest absolute Gasteiger partial charge is 0.332 e. The van der Waals surface area contributed by atoms with Crippen LogP contribution in [0.25, 0.3) is 0 Å². The molecule has 0 spiro atoms. The summed E-state index contributed by atoms with van der Waals surface area (Å²) in [6, 6.07) is 19.3. The van der Waals surface area contributed by atoms with Crippen molar-refractivity contribution in [3.63, 3.8) is 0 Å². The molecule has 0 bridgehead atoms. The molecule has 1 aliphatic heterocycles. The number of carbonyl (C=O) groups excluding carboxylic acids is 1. The number of ether oxygens (including phenoxy) is 1. The zero-order chi connectivity index (χ0) is 18.9. The number of nitrogens with zero attached hydrogens (tertiary/aromatic N) is 2. The fourth-order valence-corrected chi connectivity index (χ4v) is 3.16. The van der Waals surface area contributed by atoms with Crippen molar-refractivity contribution in [3.8, 4) is 0 Å². The van der Waals surface area contributed by atoms with Crippen molar-refractivity contribution in [1.82, 2.24) is 15.3 Å². The van der Waals surface area contributed by atoms with Crippen LogP contribution in [0.15, 0.2) is 60.7 Å². The predicted octanol–water partition coefficient (Wildman–Crippen LogP) is 2.05. The summed E-state index contributed by atoms with van der Waals surface area (Å²) in [7, 11) is 0. The second-order valence-corrected chi connectivity index (χ2v) is 6.63. The van der Waals surface area contributed by atoms with Gasteiger partial charge in [0, 0.05) is 13.1 Å². The van der Waals surface area contributed by atoms with Crippen molar-refractivity contribution in [2.24, 2.45) is 0 Å². The largest absolute Gasteiger partial charge is 0.394 e. The third-order valence-electron chi connectivity index (χ3n) is 4.61. The lowest BCUT2D eigenvalue weighted by atomic mass is 10.1. The van der Waals surface area contributed by atoms with Gasteiger partial charge < -0.3 is 15.2 Å². The van der Waals surface area contributed by atoms with Crippen molar-refractivity contribution < 1.29 is 14.6 Å². The van der Waals surface area contributed by atoms with Gasteiger partial charge in [-0.1, -0.05) is 60.7 Å². The van der Waals surface area contributed by atoms with E-state index >= 15 is 0 Å². The molecular weight excluding hydrogens is 342 g/mol. The molecule has 27 heavy (non-hydrogen) atoms. The minimum absolute atomic E-state index is 0.108. The van der Waals surface area contributed by atoms with Crippen LogP contribution in [0.1, 0.15) is 11.1 Å². The Morgan fingerprint density at radius 3 is 2.22 bits per heavy atom.